The summed E-state index contributed by atoms with van der Waals surface area (Å²) in [5.74, 6) is -1.32. The first-order chi connectivity index (χ1) is 17.2. The summed E-state index contributed by atoms with van der Waals surface area (Å²) in [6, 6.07) is 7.62. The summed E-state index contributed by atoms with van der Waals surface area (Å²) < 4.78 is 12.8. The van der Waals surface area contributed by atoms with Crippen LogP contribution in [0.25, 0.3) is 11.3 Å². The van der Waals surface area contributed by atoms with Crippen LogP contribution in [0.4, 0.5) is 5.13 Å². The van der Waals surface area contributed by atoms with E-state index >= 15 is 0 Å². The fourth-order valence-electron chi connectivity index (χ4n) is 4.50. The van der Waals surface area contributed by atoms with Gasteiger partial charge in [0.2, 0.25) is 10.9 Å². The van der Waals surface area contributed by atoms with Crippen molar-refractivity contribution >= 4 is 50.2 Å². The number of carbonyl (C=O) groups is 2. The number of hydrazone groups is 1. The van der Waals surface area contributed by atoms with Gasteiger partial charge >= 0.3 is 0 Å². The van der Waals surface area contributed by atoms with Crippen LogP contribution in [0.3, 0.4) is 0 Å². The van der Waals surface area contributed by atoms with Gasteiger partial charge in [0.15, 0.2) is 17.3 Å². The van der Waals surface area contributed by atoms with E-state index in [-0.39, 0.29) is 28.4 Å². The highest BCUT2D eigenvalue weighted by atomic mass is 79.9. The molecule has 1 unspecified atom stereocenters. The molecule has 6 rings (SSSR count). The molecule has 3 heterocycles. The van der Waals surface area contributed by atoms with Crippen molar-refractivity contribution in [2.75, 3.05) is 5.43 Å². The van der Waals surface area contributed by atoms with Gasteiger partial charge < -0.3 is 19.7 Å². The average molecular weight is 566 g/mol. The SMILES string of the molecule is CC(=O)C1=C(O)C=C2Oc3c(-c4csc(N/N=C/c5ccc(Br)cc5)n4)c(O)c(C)c4c3C2(O4)C1=O. The number of halogens is 1. The van der Waals surface area contributed by atoms with E-state index in [4.69, 9.17) is 9.47 Å². The number of ketones is 2. The molecule has 0 fully saturated rings. The second kappa shape index (κ2) is 7.77. The number of anilines is 1. The first-order valence-corrected chi connectivity index (χ1v) is 12.4. The molecule has 11 heteroatoms. The van der Waals surface area contributed by atoms with Crippen LogP contribution in [0.2, 0.25) is 0 Å². The first-order valence-electron chi connectivity index (χ1n) is 10.7. The smallest absolute Gasteiger partial charge is 0.261 e. The third kappa shape index (κ3) is 2.99. The Morgan fingerprint density at radius 2 is 2.00 bits per heavy atom. The van der Waals surface area contributed by atoms with E-state index in [1.807, 2.05) is 24.3 Å². The van der Waals surface area contributed by atoms with Crippen LogP contribution in [0, 0.1) is 6.92 Å². The van der Waals surface area contributed by atoms with Crippen LogP contribution in [0.15, 0.2) is 62.4 Å². The molecule has 0 radical (unpaired) electrons. The van der Waals surface area contributed by atoms with Crippen molar-refractivity contribution in [3.05, 3.63) is 74.0 Å². The minimum atomic E-state index is -1.66. The Kier molecular flexibility index (Phi) is 4.86. The van der Waals surface area contributed by atoms with Crippen LogP contribution < -0.4 is 14.9 Å². The summed E-state index contributed by atoms with van der Waals surface area (Å²) in [5, 5.41) is 27.7. The zero-order valence-corrected chi connectivity index (χ0v) is 21.2. The number of hydrogen-bond acceptors (Lipinski definition) is 10. The van der Waals surface area contributed by atoms with Crippen molar-refractivity contribution in [1.82, 2.24) is 4.98 Å². The Bertz CT molecular complexity index is 1600. The number of thiazole rings is 1. The van der Waals surface area contributed by atoms with Gasteiger partial charge in [0.25, 0.3) is 5.60 Å². The molecule has 0 saturated carbocycles. The lowest BCUT2D eigenvalue weighted by Crippen LogP contribution is -2.51. The molecule has 1 atom stereocenters. The van der Waals surface area contributed by atoms with Crippen molar-refractivity contribution in [3.8, 4) is 28.5 Å². The maximum atomic E-state index is 13.3. The number of aromatic hydroxyl groups is 1. The van der Waals surface area contributed by atoms with Crippen LogP contribution in [0.5, 0.6) is 17.2 Å². The maximum Gasteiger partial charge on any atom is 0.261 e. The van der Waals surface area contributed by atoms with Gasteiger partial charge in [0.05, 0.1) is 23.0 Å². The van der Waals surface area contributed by atoms with E-state index in [9.17, 15) is 19.8 Å². The normalized spacial score (nSPS) is 19.3. The van der Waals surface area contributed by atoms with Crippen molar-refractivity contribution in [3.63, 3.8) is 0 Å². The molecule has 180 valence electrons. The minimum absolute atomic E-state index is 0.0384. The molecule has 1 spiro atoms. The maximum absolute atomic E-state index is 13.3. The second-order valence-corrected chi connectivity index (χ2v) is 10.2. The summed E-state index contributed by atoms with van der Waals surface area (Å²) >= 11 is 4.66. The number of aliphatic hydroxyl groups excluding tert-OH is 1. The van der Waals surface area contributed by atoms with Gasteiger partial charge in [-0.2, -0.15) is 5.10 Å². The van der Waals surface area contributed by atoms with Gasteiger partial charge in [0.1, 0.15) is 22.8 Å². The molecule has 36 heavy (non-hydrogen) atoms. The predicted octanol–water partition coefficient (Wildman–Crippen LogP) is 4.88. The Morgan fingerprint density at radius 1 is 1.25 bits per heavy atom. The van der Waals surface area contributed by atoms with Crippen molar-refractivity contribution in [2.24, 2.45) is 5.10 Å². The number of phenolic OH excluding ortho intramolecular Hbond substituents is 1. The Labute approximate surface area is 216 Å². The van der Waals surface area contributed by atoms with Crippen LogP contribution >= 0.6 is 27.3 Å². The second-order valence-electron chi connectivity index (χ2n) is 8.38. The third-order valence-electron chi connectivity index (χ3n) is 6.21. The number of nitrogens with zero attached hydrogens (tertiary/aromatic N) is 2. The Balaban J connectivity index is 1.38. The molecule has 3 aliphatic rings. The van der Waals surface area contributed by atoms with Crippen LogP contribution in [-0.2, 0) is 15.2 Å². The lowest BCUT2D eigenvalue weighted by molar-refractivity contribution is -0.135. The first kappa shape index (κ1) is 22.5. The van der Waals surface area contributed by atoms with Crippen LogP contribution in [-0.4, -0.2) is 33.0 Å². The Morgan fingerprint density at radius 3 is 2.72 bits per heavy atom. The number of rotatable bonds is 5. The van der Waals surface area contributed by atoms with E-state index in [1.165, 1.54) is 24.3 Å². The lowest BCUT2D eigenvalue weighted by Gasteiger charge is -2.40. The van der Waals surface area contributed by atoms with Crippen molar-refractivity contribution < 1.29 is 29.3 Å². The molecule has 2 aromatic carbocycles. The molecule has 0 amide bonds. The van der Waals surface area contributed by atoms with Crippen molar-refractivity contribution in [2.45, 2.75) is 19.4 Å². The van der Waals surface area contributed by atoms with E-state index in [1.54, 1.807) is 18.5 Å². The number of hydrogen-bond donors (Lipinski definition) is 3. The van der Waals surface area contributed by atoms with Crippen LogP contribution in [0.1, 0.15) is 23.6 Å². The van der Waals surface area contributed by atoms with E-state index in [2.05, 4.69) is 31.4 Å². The number of aromatic nitrogens is 1. The van der Waals surface area contributed by atoms with E-state index in [0.717, 1.165) is 10.0 Å². The van der Waals surface area contributed by atoms with Gasteiger partial charge in [-0.25, -0.2) is 4.98 Å². The highest BCUT2D eigenvalue weighted by molar-refractivity contribution is 9.10. The summed E-state index contributed by atoms with van der Waals surface area (Å²) in [5.41, 5.74) is 3.26. The number of Topliss-reactive ketones (excluding diaryl/α,β-unsaturated/α-hetero) is 2. The largest absolute Gasteiger partial charge is 0.507 e. The summed E-state index contributed by atoms with van der Waals surface area (Å²) in [6.45, 7) is 2.86. The van der Waals surface area contributed by atoms with Gasteiger partial charge in [-0.15, -0.1) is 11.3 Å². The molecule has 0 saturated heterocycles. The number of aliphatic hydroxyl groups is 1. The molecule has 3 aromatic rings. The fraction of sp³-hybridized carbons (Fsp3) is 0.120. The fourth-order valence-corrected chi connectivity index (χ4v) is 5.42. The molecule has 0 bridgehead atoms. The molecule has 9 nitrogen and oxygen atoms in total. The number of ether oxygens (including phenoxy) is 2. The minimum Gasteiger partial charge on any atom is -0.507 e. The highest BCUT2D eigenvalue weighted by Gasteiger charge is 2.66. The van der Waals surface area contributed by atoms with Gasteiger partial charge in [-0.05, 0) is 31.5 Å². The Hall–Kier alpha value is -3.96. The third-order valence-corrected chi connectivity index (χ3v) is 7.48. The van der Waals surface area contributed by atoms with Gasteiger partial charge in [-0.1, -0.05) is 28.1 Å². The number of allylic oxidation sites excluding steroid dienone is 1. The lowest BCUT2D eigenvalue weighted by atomic mass is 9.75. The number of benzene rings is 2. The molecular formula is C25H16BrN3O6S. The number of phenols is 1. The van der Waals surface area contributed by atoms with Gasteiger partial charge in [0, 0.05) is 21.5 Å². The molecule has 1 aliphatic carbocycles. The van der Waals surface area contributed by atoms with E-state index < -0.39 is 22.9 Å². The number of carbonyl (C=O) groups excluding carboxylic acids is 2. The molecule has 1 aromatic heterocycles. The summed E-state index contributed by atoms with van der Waals surface area (Å²) in [6.07, 6.45) is 2.86. The molecule has 3 N–H and O–H groups in total. The molecular weight excluding hydrogens is 550 g/mol. The number of nitrogens with one attached hydrogen (secondary N) is 1. The average Bonchev–Trinajstić information content (AvgIpc) is 3.36. The van der Waals surface area contributed by atoms with Gasteiger partial charge in [-0.3, -0.25) is 15.0 Å². The van der Waals surface area contributed by atoms with Crippen molar-refractivity contribution in [1.29, 1.82) is 0 Å². The monoisotopic (exact) mass is 565 g/mol. The highest BCUT2D eigenvalue weighted by Crippen LogP contribution is 2.66. The molecule has 2 aliphatic heterocycles. The zero-order chi connectivity index (χ0) is 25.4. The topological polar surface area (TPSA) is 130 Å². The zero-order valence-electron chi connectivity index (χ0n) is 18.7. The summed E-state index contributed by atoms with van der Waals surface area (Å²) in [4.78, 5) is 29.9. The standard InChI is InChI=1S/C25H16BrN3O6S/c1-10-20(32)18(14-9-36-24(28-14)29-27-8-12-3-5-13(26)6-4-12)22-19-21(10)35-25(19)16(34-22)7-15(31)17(11(2)30)23(25)33/h3-9,31-32H,1-2H3,(H,28,29)/b27-8+. The quantitative estimate of drug-likeness (QED) is 0.226. The van der Waals surface area contributed by atoms with E-state index in [0.29, 0.717) is 27.7 Å². The summed E-state index contributed by atoms with van der Waals surface area (Å²) in [7, 11) is 0. The predicted molar refractivity (Wildman–Crippen MR) is 136 cm³/mol.